The fourth-order valence-corrected chi connectivity index (χ4v) is 1.16. The standard InChI is InChI=1S/C8H5F3N2O3.ClH/c1-2-4(9)3(8(12)14)7(13(15)16)6(11)5(2)10;/h1H3,(H2,12,14);1H. The summed E-state index contributed by atoms with van der Waals surface area (Å²) >= 11 is 0. The van der Waals surface area contributed by atoms with Gasteiger partial charge < -0.3 is 5.73 Å². The fourth-order valence-electron chi connectivity index (χ4n) is 1.16. The summed E-state index contributed by atoms with van der Waals surface area (Å²) in [6.07, 6.45) is 0. The monoisotopic (exact) mass is 270 g/mol. The summed E-state index contributed by atoms with van der Waals surface area (Å²) in [5.41, 5.74) is 0.980. The van der Waals surface area contributed by atoms with Gasteiger partial charge in [-0.05, 0) is 6.92 Å². The van der Waals surface area contributed by atoms with Gasteiger partial charge in [0.2, 0.25) is 5.82 Å². The summed E-state index contributed by atoms with van der Waals surface area (Å²) in [4.78, 5) is 19.7. The number of amides is 1. The van der Waals surface area contributed by atoms with Crippen molar-refractivity contribution in [3.8, 4) is 0 Å². The molecular formula is C8H6ClF3N2O3. The molecule has 0 spiro atoms. The summed E-state index contributed by atoms with van der Waals surface area (Å²) in [7, 11) is 0. The number of primary amides is 1. The Morgan fingerprint density at radius 3 is 2.06 bits per heavy atom. The second-order valence-electron chi connectivity index (χ2n) is 2.91. The topological polar surface area (TPSA) is 86.2 Å². The third kappa shape index (κ3) is 2.31. The van der Waals surface area contributed by atoms with Gasteiger partial charge >= 0.3 is 5.69 Å². The second kappa shape index (κ2) is 5.00. The highest BCUT2D eigenvalue weighted by atomic mass is 35.5. The highest BCUT2D eigenvalue weighted by molar-refractivity contribution is 5.97. The molecule has 1 aromatic carbocycles. The minimum Gasteiger partial charge on any atom is -0.365 e. The highest BCUT2D eigenvalue weighted by Crippen LogP contribution is 2.30. The van der Waals surface area contributed by atoms with E-state index in [1.807, 2.05) is 0 Å². The Hall–Kier alpha value is -1.83. The lowest BCUT2D eigenvalue weighted by Crippen LogP contribution is -2.18. The van der Waals surface area contributed by atoms with E-state index < -0.39 is 45.1 Å². The van der Waals surface area contributed by atoms with Crippen LogP contribution in [-0.2, 0) is 0 Å². The SMILES string of the molecule is Cc1c(F)c(F)c([N+](=O)[O-])c(C(N)=O)c1F.Cl. The summed E-state index contributed by atoms with van der Waals surface area (Å²) < 4.78 is 39.4. The maximum Gasteiger partial charge on any atom is 0.323 e. The average molecular weight is 271 g/mol. The number of rotatable bonds is 2. The molecule has 0 fully saturated rings. The summed E-state index contributed by atoms with van der Waals surface area (Å²) in [6.45, 7) is 0.837. The number of hydrogen-bond acceptors (Lipinski definition) is 3. The number of nitro benzene ring substituents is 1. The number of benzene rings is 1. The van der Waals surface area contributed by atoms with Crippen molar-refractivity contribution < 1.29 is 22.9 Å². The number of carbonyl (C=O) groups excluding carboxylic acids is 1. The van der Waals surface area contributed by atoms with Crippen LogP contribution >= 0.6 is 12.4 Å². The van der Waals surface area contributed by atoms with Crippen LogP contribution in [0.4, 0.5) is 18.9 Å². The second-order valence-corrected chi connectivity index (χ2v) is 2.91. The molecule has 0 heterocycles. The first kappa shape index (κ1) is 15.2. The van der Waals surface area contributed by atoms with E-state index in [9.17, 15) is 28.1 Å². The molecule has 0 aliphatic carbocycles. The van der Waals surface area contributed by atoms with Crippen molar-refractivity contribution >= 4 is 24.0 Å². The molecule has 0 aromatic heterocycles. The predicted molar refractivity (Wildman–Crippen MR) is 53.5 cm³/mol. The van der Waals surface area contributed by atoms with E-state index in [1.54, 1.807) is 0 Å². The molecule has 0 atom stereocenters. The highest BCUT2D eigenvalue weighted by Gasteiger charge is 2.33. The molecule has 0 saturated heterocycles. The first-order chi connectivity index (χ1) is 7.29. The van der Waals surface area contributed by atoms with Gasteiger partial charge in [-0.25, -0.2) is 8.78 Å². The Morgan fingerprint density at radius 1 is 1.24 bits per heavy atom. The molecule has 0 bridgehead atoms. The van der Waals surface area contributed by atoms with Crippen molar-refractivity contribution in [2.24, 2.45) is 5.73 Å². The molecule has 0 radical (unpaired) electrons. The van der Waals surface area contributed by atoms with Gasteiger partial charge in [0.15, 0.2) is 11.4 Å². The molecule has 2 N–H and O–H groups in total. The summed E-state index contributed by atoms with van der Waals surface area (Å²) in [5, 5.41) is 10.4. The van der Waals surface area contributed by atoms with Gasteiger partial charge in [0, 0.05) is 5.56 Å². The van der Waals surface area contributed by atoms with Crippen molar-refractivity contribution in [2.45, 2.75) is 6.92 Å². The van der Waals surface area contributed by atoms with Crippen LogP contribution in [0, 0.1) is 34.5 Å². The Morgan fingerprint density at radius 2 is 1.71 bits per heavy atom. The number of nitrogens with two attached hydrogens (primary N) is 1. The van der Waals surface area contributed by atoms with Crippen molar-refractivity contribution in [3.05, 3.63) is 38.7 Å². The summed E-state index contributed by atoms with van der Waals surface area (Å²) in [6, 6.07) is 0. The molecule has 0 aliphatic heterocycles. The normalized spacial score (nSPS) is 9.65. The zero-order valence-electron chi connectivity index (χ0n) is 8.29. The largest absolute Gasteiger partial charge is 0.365 e. The zero-order chi connectivity index (χ0) is 12.6. The van der Waals surface area contributed by atoms with Crippen LogP contribution in [0.3, 0.4) is 0 Å². The van der Waals surface area contributed by atoms with E-state index in [1.165, 1.54) is 0 Å². The number of carbonyl (C=O) groups is 1. The maximum atomic E-state index is 13.3. The summed E-state index contributed by atoms with van der Waals surface area (Å²) in [5.74, 6) is -6.68. The quantitative estimate of drug-likeness (QED) is 0.505. The minimum absolute atomic E-state index is 0. The van der Waals surface area contributed by atoms with E-state index in [0.717, 1.165) is 6.92 Å². The first-order valence-electron chi connectivity index (χ1n) is 3.90. The molecule has 94 valence electrons. The molecule has 17 heavy (non-hydrogen) atoms. The molecule has 5 nitrogen and oxygen atoms in total. The number of nitrogens with zero attached hydrogens (tertiary/aromatic N) is 1. The van der Waals surface area contributed by atoms with E-state index in [2.05, 4.69) is 5.73 Å². The van der Waals surface area contributed by atoms with E-state index in [0.29, 0.717) is 0 Å². The van der Waals surface area contributed by atoms with Crippen LogP contribution in [-0.4, -0.2) is 10.8 Å². The van der Waals surface area contributed by atoms with Crippen LogP contribution in [0.15, 0.2) is 0 Å². The van der Waals surface area contributed by atoms with Crippen molar-refractivity contribution in [1.29, 1.82) is 0 Å². The van der Waals surface area contributed by atoms with Gasteiger partial charge in [-0.3, -0.25) is 14.9 Å². The van der Waals surface area contributed by atoms with E-state index in [-0.39, 0.29) is 12.4 Å². The van der Waals surface area contributed by atoms with Gasteiger partial charge in [0.25, 0.3) is 5.91 Å². The molecular weight excluding hydrogens is 265 g/mol. The lowest BCUT2D eigenvalue weighted by molar-refractivity contribution is -0.388. The number of halogens is 4. The van der Waals surface area contributed by atoms with Crippen LogP contribution in [0.2, 0.25) is 0 Å². The molecule has 1 aromatic rings. The Labute approximate surface area is 99.0 Å². The van der Waals surface area contributed by atoms with Gasteiger partial charge in [-0.1, -0.05) is 0 Å². The first-order valence-corrected chi connectivity index (χ1v) is 3.90. The predicted octanol–water partition coefficient (Wildman–Crippen LogP) is 1.84. The Bertz CT molecular complexity index is 463. The Balaban J connectivity index is 0.00000256. The van der Waals surface area contributed by atoms with Gasteiger partial charge in [0.05, 0.1) is 4.92 Å². The third-order valence-electron chi connectivity index (χ3n) is 1.94. The minimum atomic E-state index is -1.90. The van der Waals surface area contributed by atoms with Crippen molar-refractivity contribution in [1.82, 2.24) is 0 Å². The van der Waals surface area contributed by atoms with Crippen LogP contribution < -0.4 is 5.73 Å². The molecule has 1 amide bonds. The van der Waals surface area contributed by atoms with E-state index in [4.69, 9.17) is 0 Å². The third-order valence-corrected chi connectivity index (χ3v) is 1.94. The van der Waals surface area contributed by atoms with Crippen LogP contribution in [0.25, 0.3) is 0 Å². The lowest BCUT2D eigenvalue weighted by Gasteiger charge is -2.06. The molecule has 9 heteroatoms. The van der Waals surface area contributed by atoms with Crippen molar-refractivity contribution in [2.75, 3.05) is 0 Å². The number of hydrogen-bond donors (Lipinski definition) is 1. The molecule has 0 aliphatic rings. The molecule has 0 unspecified atom stereocenters. The van der Waals surface area contributed by atoms with Gasteiger partial charge in [-0.2, -0.15) is 4.39 Å². The lowest BCUT2D eigenvalue weighted by atomic mass is 10.1. The molecule has 0 saturated carbocycles. The molecule has 1 rings (SSSR count). The Kier molecular flexibility index (Phi) is 4.46. The fraction of sp³-hybridized carbons (Fsp3) is 0.125. The average Bonchev–Trinajstić information content (AvgIpc) is 2.18. The van der Waals surface area contributed by atoms with Gasteiger partial charge in [-0.15, -0.1) is 12.4 Å². The maximum absolute atomic E-state index is 13.3. The number of nitro groups is 1. The zero-order valence-corrected chi connectivity index (χ0v) is 9.11. The van der Waals surface area contributed by atoms with Crippen LogP contribution in [0.5, 0.6) is 0 Å². The van der Waals surface area contributed by atoms with Crippen LogP contribution in [0.1, 0.15) is 15.9 Å². The van der Waals surface area contributed by atoms with Crippen molar-refractivity contribution in [3.63, 3.8) is 0 Å². The smallest absolute Gasteiger partial charge is 0.323 e. The van der Waals surface area contributed by atoms with Gasteiger partial charge in [0.1, 0.15) is 5.82 Å². The van der Waals surface area contributed by atoms with E-state index >= 15 is 0 Å².